The highest BCUT2D eigenvalue weighted by Crippen LogP contribution is 2.30. The van der Waals surface area contributed by atoms with Crippen LogP contribution in [0.5, 0.6) is 11.5 Å². The Morgan fingerprint density at radius 3 is 2.42 bits per heavy atom. The quantitative estimate of drug-likeness (QED) is 0.326. The molecule has 5 nitrogen and oxygen atoms in total. The zero-order valence-corrected chi connectivity index (χ0v) is 14.3. The summed E-state index contributed by atoms with van der Waals surface area (Å²) in [6.07, 6.45) is 7.46. The Labute approximate surface area is 143 Å². The van der Waals surface area contributed by atoms with Gasteiger partial charge in [-0.2, -0.15) is 0 Å². The van der Waals surface area contributed by atoms with Crippen LogP contribution < -0.4 is 0 Å². The fourth-order valence-electron chi connectivity index (χ4n) is 2.56. The van der Waals surface area contributed by atoms with Gasteiger partial charge in [0.1, 0.15) is 23.7 Å². The molecule has 1 aromatic carbocycles. The van der Waals surface area contributed by atoms with Gasteiger partial charge in [-0.25, -0.2) is 4.79 Å². The molecule has 5 heteroatoms. The minimum atomic E-state index is -0.812. The highest BCUT2D eigenvalue weighted by atomic mass is 16.5. The van der Waals surface area contributed by atoms with Crippen molar-refractivity contribution in [2.75, 3.05) is 6.61 Å². The first-order valence-electron chi connectivity index (χ1n) is 8.50. The van der Waals surface area contributed by atoms with Crippen LogP contribution in [0.25, 0.3) is 0 Å². The van der Waals surface area contributed by atoms with E-state index < -0.39 is 12.1 Å². The number of carbonyl (C=O) groups excluding carboxylic acids is 1. The summed E-state index contributed by atoms with van der Waals surface area (Å²) in [7, 11) is 0. The summed E-state index contributed by atoms with van der Waals surface area (Å²) in [5, 5.41) is 30.0. The zero-order valence-electron chi connectivity index (χ0n) is 14.3. The number of esters is 1. The van der Waals surface area contributed by atoms with E-state index in [1.807, 2.05) is 0 Å². The Morgan fingerprint density at radius 1 is 1.21 bits per heavy atom. The second-order valence-corrected chi connectivity index (χ2v) is 5.96. The van der Waals surface area contributed by atoms with Crippen molar-refractivity contribution in [2.24, 2.45) is 0 Å². The number of ether oxygens (including phenoxy) is 1. The number of unbranched alkanes of at least 4 members (excludes halogenated alkanes) is 4. The van der Waals surface area contributed by atoms with E-state index in [1.54, 1.807) is 0 Å². The number of aliphatic hydroxyl groups is 1. The molecule has 1 atom stereocenters. The normalized spacial score (nSPS) is 11.9. The molecule has 0 aliphatic rings. The van der Waals surface area contributed by atoms with Crippen molar-refractivity contribution in [3.63, 3.8) is 0 Å². The van der Waals surface area contributed by atoms with Crippen LogP contribution in [0, 0.1) is 0 Å². The van der Waals surface area contributed by atoms with Crippen molar-refractivity contribution in [2.45, 2.75) is 58.0 Å². The summed E-state index contributed by atoms with van der Waals surface area (Å²) in [4.78, 5) is 11.8. The number of phenolic OH excluding ortho intramolecular Hbond substituents is 2. The van der Waals surface area contributed by atoms with Gasteiger partial charge in [0.15, 0.2) is 0 Å². The molecule has 0 heterocycles. The van der Waals surface area contributed by atoms with Gasteiger partial charge >= 0.3 is 5.97 Å². The van der Waals surface area contributed by atoms with Crippen molar-refractivity contribution in [3.05, 3.63) is 35.9 Å². The summed E-state index contributed by atoms with van der Waals surface area (Å²) < 4.78 is 4.82. The van der Waals surface area contributed by atoms with Crippen molar-refractivity contribution in [1.82, 2.24) is 0 Å². The molecule has 0 radical (unpaired) electrons. The molecule has 0 saturated heterocycles. The molecule has 0 fully saturated rings. The molecule has 134 valence electrons. The van der Waals surface area contributed by atoms with Gasteiger partial charge in [0, 0.05) is 0 Å². The molecule has 3 N–H and O–H groups in total. The van der Waals surface area contributed by atoms with Crippen LogP contribution in [-0.2, 0) is 11.2 Å². The summed E-state index contributed by atoms with van der Waals surface area (Å²) in [6, 6.07) is 2.76. The van der Waals surface area contributed by atoms with E-state index in [4.69, 9.17) is 4.74 Å². The standard InChI is InChI=1S/C19H28O5/c1-3-5-6-7-8-9-15(20)11-14-12-16(21)18(17(22)13-14)19(23)24-10-4-2/h4,12-13,15,20-22H,2-3,5-11H2,1H3/t15-/m1/s1. The second-order valence-electron chi connectivity index (χ2n) is 5.96. The van der Waals surface area contributed by atoms with Crippen LogP contribution in [0.4, 0.5) is 0 Å². The topological polar surface area (TPSA) is 87.0 Å². The Hall–Kier alpha value is -2.01. The molecule has 0 amide bonds. The molecule has 1 aromatic rings. The predicted molar refractivity (Wildman–Crippen MR) is 93.3 cm³/mol. The Balaban J connectivity index is 2.61. The fraction of sp³-hybridized carbons (Fsp3) is 0.526. The zero-order chi connectivity index (χ0) is 17.9. The van der Waals surface area contributed by atoms with Crippen LogP contribution in [0.15, 0.2) is 24.8 Å². The van der Waals surface area contributed by atoms with Gasteiger partial charge in [-0.1, -0.05) is 51.7 Å². The molecular formula is C19H28O5. The first kappa shape index (κ1) is 20.0. The smallest absolute Gasteiger partial charge is 0.346 e. The van der Waals surface area contributed by atoms with E-state index >= 15 is 0 Å². The first-order chi connectivity index (χ1) is 11.5. The van der Waals surface area contributed by atoms with E-state index in [-0.39, 0.29) is 23.7 Å². The molecule has 0 saturated carbocycles. The van der Waals surface area contributed by atoms with Gasteiger partial charge < -0.3 is 20.1 Å². The van der Waals surface area contributed by atoms with Crippen molar-refractivity contribution >= 4 is 5.97 Å². The highest BCUT2D eigenvalue weighted by molar-refractivity contribution is 5.95. The minimum Gasteiger partial charge on any atom is -0.507 e. The van der Waals surface area contributed by atoms with E-state index in [1.165, 1.54) is 37.5 Å². The van der Waals surface area contributed by atoms with Gasteiger partial charge in [0.25, 0.3) is 0 Å². The van der Waals surface area contributed by atoms with Gasteiger partial charge in [-0.3, -0.25) is 0 Å². The monoisotopic (exact) mass is 336 g/mol. The summed E-state index contributed by atoms with van der Waals surface area (Å²) in [6.45, 7) is 5.58. The molecule has 0 aliphatic carbocycles. The van der Waals surface area contributed by atoms with E-state index in [2.05, 4.69) is 13.5 Å². The van der Waals surface area contributed by atoms with Crippen LogP contribution in [-0.4, -0.2) is 34.0 Å². The lowest BCUT2D eigenvalue weighted by Gasteiger charge is -2.13. The largest absolute Gasteiger partial charge is 0.507 e. The average Bonchev–Trinajstić information content (AvgIpc) is 2.52. The van der Waals surface area contributed by atoms with Crippen LogP contribution >= 0.6 is 0 Å². The summed E-state index contributed by atoms with van der Waals surface area (Å²) in [5.74, 6) is -1.52. The first-order valence-corrected chi connectivity index (χ1v) is 8.50. The number of rotatable bonds is 11. The Kier molecular flexibility index (Phi) is 8.94. The number of aliphatic hydroxyl groups excluding tert-OH is 1. The maximum Gasteiger partial charge on any atom is 0.346 e. The SMILES string of the molecule is C=CCOC(=O)c1c(O)cc(C[C@H](O)CCCCCCC)cc1O. The Morgan fingerprint density at radius 2 is 1.83 bits per heavy atom. The fourth-order valence-corrected chi connectivity index (χ4v) is 2.56. The maximum absolute atomic E-state index is 11.8. The number of aromatic hydroxyl groups is 2. The highest BCUT2D eigenvalue weighted by Gasteiger charge is 2.19. The molecular weight excluding hydrogens is 308 g/mol. The second kappa shape index (κ2) is 10.7. The lowest BCUT2D eigenvalue weighted by Crippen LogP contribution is -2.11. The predicted octanol–water partition coefficient (Wildman–Crippen LogP) is 3.70. The van der Waals surface area contributed by atoms with Gasteiger partial charge in [0.2, 0.25) is 0 Å². The number of benzene rings is 1. The van der Waals surface area contributed by atoms with Crippen LogP contribution in [0.1, 0.15) is 61.4 Å². The average molecular weight is 336 g/mol. The van der Waals surface area contributed by atoms with Crippen LogP contribution in [0.2, 0.25) is 0 Å². The van der Waals surface area contributed by atoms with Gasteiger partial charge in [-0.15, -0.1) is 0 Å². The molecule has 0 spiro atoms. The molecule has 0 aromatic heterocycles. The third kappa shape index (κ3) is 6.62. The van der Waals surface area contributed by atoms with Gasteiger partial charge in [-0.05, 0) is 30.5 Å². The van der Waals surface area contributed by atoms with Gasteiger partial charge in [0.05, 0.1) is 6.10 Å². The number of hydrogen-bond acceptors (Lipinski definition) is 5. The summed E-state index contributed by atoms with van der Waals surface area (Å²) in [5.41, 5.74) is 0.306. The third-order valence-electron chi connectivity index (χ3n) is 3.81. The third-order valence-corrected chi connectivity index (χ3v) is 3.81. The molecule has 0 bridgehead atoms. The Bertz CT molecular complexity index is 516. The minimum absolute atomic E-state index is 0.00376. The van der Waals surface area contributed by atoms with E-state index in [0.29, 0.717) is 18.4 Å². The van der Waals surface area contributed by atoms with Crippen molar-refractivity contribution in [1.29, 1.82) is 0 Å². The van der Waals surface area contributed by atoms with Crippen molar-refractivity contribution < 1.29 is 24.9 Å². The summed E-state index contributed by atoms with van der Waals surface area (Å²) >= 11 is 0. The molecule has 24 heavy (non-hydrogen) atoms. The van der Waals surface area contributed by atoms with Crippen molar-refractivity contribution in [3.8, 4) is 11.5 Å². The number of phenols is 2. The molecule has 0 aliphatic heterocycles. The molecule has 0 unspecified atom stereocenters. The maximum atomic E-state index is 11.8. The lowest BCUT2D eigenvalue weighted by atomic mass is 10.00. The molecule has 1 rings (SSSR count). The lowest BCUT2D eigenvalue weighted by molar-refractivity contribution is 0.0543. The van der Waals surface area contributed by atoms with E-state index in [9.17, 15) is 20.1 Å². The van der Waals surface area contributed by atoms with Crippen LogP contribution in [0.3, 0.4) is 0 Å². The number of hydrogen-bond donors (Lipinski definition) is 3. The number of carbonyl (C=O) groups is 1. The van der Waals surface area contributed by atoms with E-state index in [0.717, 1.165) is 12.8 Å².